The van der Waals surface area contributed by atoms with Crippen LogP contribution in [0.3, 0.4) is 0 Å². The van der Waals surface area contributed by atoms with E-state index in [1.165, 1.54) is 27.9 Å². The predicted octanol–water partition coefficient (Wildman–Crippen LogP) is -3.44. The largest absolute Gasteiger partial charge is 0.497 e. The molecule has 27 heteroatoms. The number of ether oxygens (including phenoxy) is 1. The Kier molecular flexibility index (Phi) is 22.2. The Bertz CT molecular complexity index is 2500. The van der Waals surface area contributed by atoms with Crippen molar-refractivity contribution in [3.8, 4) is 5.75 Å². The highest BCUT2D eigenvalue weighted by atomic mass is 32.1. The van der Waals surface area contributed by atoms with Crippen molar-refractivity contribution in [1.29, 1.82) is 0 Å². The molecule has 5 rings (SSSR count). The maximum atomic E-state index is 14.2. The average Bonchev–Trinajstić information content (AvgIpc) is 4.28. The highest BCUT2D eigenvalue weighted by Gasteiger charge is 2.43. The summed E-state index contributed by atoms with van der Waals surface area (Å²) in [6.07, 6.45) is 3.59. The van der Waals surface area contributed by atoms with E-state index in [1.807, 2.05) is 0 Å². The molecule has 1 aromatic heterocycles. The molecule has 3 fully saturated rings. The summed E-state index contributed by atoms with van der Waals surface area (Å²) in [6, 6.07) is -0.409. The third-order valence-corrected chi connectivity index (χ3v) is 14.2. The first-order chi connectivity index (χ1) is 37.2. The van der Waals surface area contributed by atoms with Gasteiger partial charge in [-0.05, 0) is 99.7 Å². The number of aliphatic imine (C=N–C) groups is 2. The summed E-state index contributed by atoms with van der Waals surface area (Å²) in [7, 11) is 1.43. The van der Waals surface area contributed by atoms with Gasteiger partial charge in [-0.2, -0.15) is 0 Å². The van der Waals surface area contributed by atoms with E-state index in [0.29, 0.717) is 74.1 Å². The number of carboxylic acid groups (broad SMARTS) is 1. The minimum absolute atomic E-state index is 0.0358. The zero-order valence-corrected chi connectivity index (χ0v) is 43.6. The number of aliphatic hydroxyl groups is 1. The Balaban J connectivity index is 1.21. The van der Waals surface area contributed by atoms with Gasteiger partial charge in [0.2, 0.25) is 41.4 Å². The smallest absolute Gasteiger partial charge is 0.320 e. The molecule has 3 saturated heterocycles. The number of carbonyl (C=O) groups excluding carboxylic acids is 7. The summed E-state index contributed by atoms with van der Waals surface area (Å²) in [5, 5.41) is 34.3. The lowest BCUT2D eigenvalue weighted by Gasteiger charge is -2.32. The molecular formula is C49H75N15O11S. The number of aliphatic hydroxyl groups excluding tert-OH is 1. The minimum Gasteiger partial charge on any atom is -0.497 e. The maximum absolute atomic E-state index is 14.2. The molecule has 7 amide bonds. The first-order valence-electron chi connectivity index (χ1n) is 26.4. The van der Waals surface area contributed by atoms with Crippen LogP contribution in [0.2, 0.25) is 0 Å². The van der Waals surface area contributed by atoms with Crippen LogP contribution < -0.4 is 60.0 Å². The van der Waals surface area contributed by atoms with Crippen LogP contribution in [0.25, 0.3) is 0 Å². The molecule has 4 heterocycles. The van der Waals surface area contributed by atoms with Crippen molar-refractivity contribution in [2.75, 3.05) is 59.5 Å². The second kappa shape index (κ2) is 29.8. The summed E-state index contributed by atoms with van der Waals surface area (Å²) in [5.74, 6) is -5.50. The standard InChI is InChI=1S/C49H75N15O11S/c1-75-31-16-14-29(15-17-31)24-30(26-57-34(47(73)74)10-3-19-56-49(53)54)59-43(69)38-12-5-20-62(38)45(71)36(28-65)61-41(67)35(25-32-8-7-23-76-32)60-40(66)27-58-42(68)37-11-4-21-63(37)46(72)39-13-6-22-64(39)44(70)33(50)9-2-18-55-48(51)52/h7-8,14-17,23,30,33-39,57,65H,2-6,9-13,18-22,24-28,50H2,1H3,(H,58,68)(H,59,69)(H,60,66)(H,61,67)(H,73,74)(H4,51,52,55)(H4,53,54,56)/t30-,33-,34-,35-,36-,37-,38-,39-/m0/s1/i16T,23T. The summed E-state index contributed by atoms with van der Waals surface area (Å²) >= 11 is 1.04. The third kappa shape index (κ3) is 17.8. The molecule has 26 nitrogen and oxygen atoms in total. The lowest BCUT2D eigenvalue weighted by atomic mass is 10.0. The molecule has 0 spiro atoms. The molecule has 0 bridgehead atoms. The number of carboxylic acids is 1. The zero-order chi connectivity index (χ0) is 57.1. The van der Waals surface area contributed by atoms with Crippen molar-refractivity contribution >= 4 is 70.6 Å². The number of amides is 7. The molecule has 418 valence electrons. The van der Waals surface area contributed by atoms with Gasteiger partial charge in [-0.25, -0.2) is 0 Å². The number of thiophene rings is 1. The fourth-order valence-electron chi connectivity index (χ4n) is 9.47. The molecule has 0 unspecified atom stereocenters. The fraction of sp³-hybridized carbons (Fsp3) is 0.592. The van der Waals surface area contributed by atoms with E-state index in [2.05, 4.69) is 36.6 Å². The topological polar surface area (TPSA) is 411 Å². The van der Waals surface area contributed by atoms with E-state index in [4.69, 9.17) is 36.1 Å². The summed E-state index contributed by atoms with van der Waals surface area (Å²) in [6.45, 7) is -0.396. The van der Waals surface area contributed by atoms with Crippen LogP contribution in [0.5, 0.6) is 5.75 Å². The predicted molar refractivity (Wildman–Crippen MR) is 282 cm³/mol. The quantitative estimate of drug-likeness (QED) is 0.0214. The Labute approximate surface area is 448 Å². The second-order valence-electron chi connectivity index (χ2n) is 18.9. The number of rotatable bonds is 29. The molecule has 0 aliphatic carbocycles. The Morgan fingerprint density at radius 1 is 0.776 bits per heavy atom. The molecule has 3 aliphatic heterocycles. The minimum atomic E-state index is -1.58. The summed E-state index contributed by atoms with van der Waals surface area (Å²) in [4.78, 5) is 121. The lowest BCUT2D eigenvalue weighted by Crippen LogP contribution is -2.59. The normalized spacial score (nSPS) is 19.5. The molecule has 76 heavy (non-hydrogen) atoms. The third-order valence-electron chi connectivity index (χ3n) is 13.3. The van der Waals surface area contributed by atoms with Crippen LogP contribution in [0.4, 0.5) is 0 Å². The van der Waals surface area contributed by atoms with Crippen LogP contribution in [0, 0.1) is 0 Å². The maximum Gasteiger partial charge on any atom is 0.320 e. The molecule has 0 saturated carbocycles. The van der Waals surface area contributed by atoms with Gasteiger partial charge < -0.3 is 84.9 Å². The highest BCUT2D eigenvalue weighted by Crippen LogP contribution is 2.26. The number of guanidine groups is 2. The van der Waals surface area contributed by atoms with Crippen LogP contribution in [-0.2, 0) is 51.2 Å². The van der Waals surface area contributed by atoms with Gasteiger partial charge in [-0.1, -0.05) is 18.2 Å². The van der Waals surface area contributed by atoms with Crippen molar-refractivity contribution in [1.82, 2.24) is 41.3 Å². The highest BCUT2D eigenvalue weighted by molar-refractivity contribution is 7.09. The van der Waals surface area contributed by atoms with E-state index >= 15 is 0 Å². The van der Waals surface area contributed by atoms with Gasteiger partial charge >= 0.3 is 5.97 Å². The van der Waals surface area contributed by atoms with E-state index in [0.717, 1.165) is 11.3 Å². The van der Waals surface area contributed by atoms with Crippen molar-refractivity contribution in [2.24, 2.45) is 38.7 Å². The molecule has 8 atom stereocenters. The first-order valence-corrected chi connectivity index (χ1v) is 26.2. The molecule has 3 aliphatic rings. The second-order valence-corrected chi connectivity index (χ2v) is 19.8. The number of nitrogens with one attached hydrogen (secondary N) is 5. The lowest BCUT2D eigenvalue weighted by molar-refractivity contribution is -0.147. The van der Waals surface area contributed by atoms with Crippen molar-refractivity contribution < 1.29 is 56.0 Å². The molecule has 2 aromatic rings. The van der Waals surface area contributed by atoms with Crippen molar-refractivity contribution in [3.63, 3.8) is 0 Å². The van der Waals surface area contributed by atoms with Gasteiger partial charge in [0.15, 0.2) is 11.9 Å². The number of hydrogen-bond acceptors (Lipinski definition) is 15. The SMILES string of the molecule is [3H]c1ccc(C[C@H](NC(=O)CNC(=O)[C@@H]2CCCN2C(=O)[C@@H]2CCCN2C(=O)[C@@H](N)CCCN=C(N)N)C(=O)N[C@@H](CO)C(=O)N2CCC[C@H]2C(=O)N[C@H](CN[C@@H](CCCN=C(N)N)C(=O)O)Cc2ccc(OC)c([3H])c2)s1. The van der Waals surface area contributed by atoms with Gasteiger partial charge in [-0.15, -0.1) is 11.3 Å². The van der Waals surface area contributed by atoms with Gasteiger partial charge in [0.05, 0.1) is 29.0 Å². The average molecular weight is 1090 g/mol. The molecule has 1 aromatic carbocycles. The van der Waals surface area contributed by atoms with Gasteiger partial charge in [0.25, 0.3) is 0 Å². The Morgan fingerprint density at radius 2 is 1.41 bits per heavy atom. The monoisotopic (exact) mass is 1090 g/mol. The summed E-state index contributed by atoms with van der Waals surface area (Å²) in [5.41, 5.74) is 28.4. The number of nitrogens with two attached hydrogens (primary N) is 5. The van der Waals surface area contributed by atoms with E-state index in [9.17, 15) is 48.6 Å². The Hall–Kier alpha value is -7.10. The number of methoxy groups -OCH3 is 1. The Morgan fingerprint density at radius 3 is 2.01 bits per heavy atom. The van der Waals surface area contributed by atoms with Gasteiger partial charge in [0, 0.05) is 56.6 Å². The number of hydrogen-bond donors (Lipinski definition) is 12. The number of likely N-dealkylation sites (tertiary alicyclic amines) is 3. The van der Waals surface area contributed by atoms with E-state index in [1.54, 1.807) is 24.3 Å². The zero-order valence-electron chi connectivity index (χ0n) is 44.7. The number of benzene rings is 1. The van der Waals surface area contributed by atoms with Crippen LogP contribution in [0.15, 0.2) is 51.7 Å². The first kappa shape index (κ1) is 56.6. The van der Waals surface area contributed by atoms with E-state index in [-0.39, 0.29) is 81.7 Å². The number of nitrogens with zero attached hydrogens (tertiary/aromatic N) is 5. The van der Waals surface area contributed by atoms with Gasteiger partial charge in [0.1, 0.15) is 42.0 Å². The van der Waals surface area contributed by atoms with Crippen LogP contribution in [-0.4, -0.2) is 192 Å². The molecule has 17 N–H and O–H groups in total. The van der Waals surface area contributed by atoms with Crippen LogP contribution in [0.1, 0.15) is 77.4 Å². The fourth-order valence-corrected chi connectivity index (χ4v) is 10.1. The van der Waals surface area contributed by atoms with Gasteiger partial charge in [-0.3, -0.25) is 48.3 Å². The number of aliphatic carboxylic acids is 1. The summed E-state index contributed by atoms with van der Waals surface area (Å²) < 4.78 is 21.6. The van der Waals surface area contributed by atoms with E-state index < -0.39 is 109 Å². The molecular weight excluding hydrogens is 1010 g/mol. The van der Waals surface area contributed by atoms with Crippen molar-refractivity contribution in [2.45, 2.75) is 125 Å². The van der Waals surface area contributed by atoms with Crippen molar-refractivity contribution in [3.05, 3.63) is 52.2 Å². The van der Waals surface area contributed by atoms with Crippen LogP contribution >= 0.6 is 11.3 Å². The number of carbonyl (C=O) groups is 8. The molecule has 0 radical (unpaired) electrons.